The average molecular weight is 526 g/mol. The Labute approximate surface area is 219 Å². The number of halogens is 3. The van der Waals surface area contributed by atoms with Crippen LogP contribution in [-0.2, 0) is 12.6 Å². The van der Waals surface area contributed by atoms with E-state index < -0.39 is 17.6 Å². The number of carbonyl (C=O) groups is 2. The molecule has 0 unspecified atom stereocenters. The summed E-state index contributed by atoms with van der Waals surface area (Å²) in [5.41, 5.74) is 1.83. The Bertz CT molecular complexity index is 1250. The van der Waals surface area contributed by atoms with E-state index in [4.69, 9.17) is 4.74 Å². The van der Waals surface area contributed by atoms with E-state index in [-0.39, 0.29) is 17.5 Å². The molecule has 1 fully saturated rings. The maximum atomic E-state index is 13.0. The van der Waals surface area contributed by atoms with Crippen molar-refractivity contribution in [2.75, 3.05) is 31.6 Å². The van der Waals surface area contributed by atoms with Gasteiger partial charge in [-0.05, 0) is 67.3 Å². The molecular formula is C29H30F3N3O3. The van der Waals surface area contributed by atoms with Crippen LogP contribution >= 0.6 is 0 Å². The molecule has 200 valence electrons. The lowest BCUT2D eigenvalue weighted by atomic mass is 10.0. The zero-order valence-electron chi connectivity index (χ0n) is 21.1. The van der Waals surface area contributed by atoms with Crippen molar-refractivity contribution < 1.29 is 27.5 Å². The van der Waals surface area contributed by atoms with Crippen molar-refractivity contribution in [3.63, 3.8) is 0 Å². The number of para-hydroxylation sites is 2. The summed E-state index contributed by atoms with van der Waals surface area (Å²) in [6, 6.07) is 19.2. The predicted molar refractivity (Wildman–Crippen MR) is 140 cm³/mol. The molecule has 4 rings (SSSR count). The van der Waals surface area contributed by atoms with Gasteiger partial charge in [0.1, 0.15) is 5.75 Å². The van der Waals surface area contributed by atoms with Gasteiger partial charge < -0.3 is 20.3 Å². The van der Waals surface area contributed by atoms with Crippen LogP contribution in [0, 0.1) is 0 Å². The topological polar surface area (TPSA) is 70.7 Å². The van der Waals surface area contributed by atoms with Gasteiger partial charge in [0.2, 0.25) is 0 Å². The molecule has 0 aromatic heterocycles. The number of carbonyl (C=O) groups excluding carboxylic acids is 2. The number of nitrogens with one attached hydrogen (secondary N) is 2. The van der Waals surface area contributed by atoms with E-state index >= 15 is 0 Å². The number of ether oxygens (including phenoxy) is 1. The van der Waals surface area contributed by atoms with Crippen molar-refractivity contribution >= 4 is 17.5 Å². The van der Waals surface area contributed by atoms with Gasteiger partial charge in [0, 0.05) is 36.9 Å². The highest BCUT2D eigenvalue weighted by atomic mass is 19.4. The largest absolute Gasteiger partial charge is 0.496 e. The van der Waals surface area contributed by atoms with Crippen molar-refractivity contribution in [1.29, 1.82) is 0 Å². The lowest BCUT2D eigenvalue weighted by Gasteiger charge is -2.35. The van der Waals surface area contributed by atoms with Crippen LogP contribution in [0.15, 0.2) is 72.8 Å². The summed E-state index contributed by atoms with van der Waals surface area (Å²) in [5, 5.41) is 5.92. The minimum atomic E-state index is -4.44. The van der Waals surface area contributed by atoms with Gasteiger partial charge in [0.05, 0.1) is 18.2 Å². The van der Waals surface area contributed by atoms with Gasteiger partial charge in [-0.1, -0.05) is 30.3 Å². The smallest absolute Gasteiger partial charge is 0.416 e. The van der Waals surface area contributed by atoms with E-state index in [2.05, 4.69) is 15.5 Å². The van der Waals surface area contributed by atoms with Crippen molar-refractivity contribution in [2.24, 2.45) is 0 Å². The summed E-state index contributed by atoms with van der Waals surface area (Å²) in [4.78, 5) is 27.7. The summed E-state index contributed by atoms with van der Waals surface area (Å²) < 4.78 is 43.7. The number of benzene rings is 3. The highest BCUT2D eigenvalue weighted by molar-refractivity contribution is 6.00. The Hall–Kier alpha value is -4.01. The number of hydrogen-bond acceptors (Lipinski definition) is 4. The summed E-state index contributed by atoms with van der Waals surface area (Å²) in [5.74, 6) is 0.232. The van der Waals surface area contributed by atoms with Crippen molar-refractivity contribution in [1.82, 2.24) is 10.6 Å². The molecule has 0 spiro atoms. The summed E-state index contributed by atoms with van der Waals surface area (Å²) in [6.45, 7) is 1.72. The van der Waals surface area contributed by atoms with Crippen LogP contribution in [0.5, 0.6) is 5.75 Å². The van der Waals surface area contributed by atoms with Gasteiger partial charge in [0.25, 0.3) is 11.8 Å². The van der Waals surface area contributed by atoms with E-state index in [0.717, 1.165) is 29.1 Å². The monoisotopic (exact) mass is 525 g/mol. The molecule has 9 heteroatoms. The molecule has 0 bridgehead atoms. The molecule has 6 nitrogen and oxygen atoms in total. The molecule has 1 aliphatic heterocycles. The second kappa shape index (κ2) is 12.0. The molecule has 1 saturated heterocycles. The van der Waals surface area contributed by atoms with Crippen molar-refractivity contribution in [3.05, 3.63) is 95.1 Å². The third-order valence-corrected chi connectivity index (χ3v) is 6.67. The fourth-order valence-corrected chi connectivity index (χ4v) is 4.60. The minimum absolute atomic E-state index is 0.108. The normalized spacial score (nSPS) is 14.2. The number of amides is 2. The number of alkyl halides is 3. The van der Waals surface area contributed by atoms with Gasteiger partial charge in [-0.15, -0.1) is 0 Å². The van der Waals surface area contributed by atoms with Crippen LogP contribution in [0.2, 0.25) is 0 Å². The number of anilines is 1. The van der Waals surface area contributed by atoms with Crippen molar-refractivity contribution in [3.8, 4) is 5.75 Å². The highest BCUT2D eigenvalue weighted by Crippen LogP contribution is 2.29. The number of rotatable bonds is 8. The van der Waals surface area contributed by atoms with Crippen LogP contribution in [0.4, 0.5) is 18.9 Å². The van der Waals surface area contributed by atoms with Gasteiger partial charge in [-0.3, -0.25) is 9.59 Å². The van der Waals surface area contributed by atoms with Crippen molar-refractivity contribution in [2.45, 2.75) is 31.5 Å². The second-order valence-corrected chi connectivity index (χ2v) is 9.14. The first-order valence-corrected chi connectivity index (χ1v) is 12.5. The Morgan fingerprint density at radius 2 is 1.58 bits per heavy atom. The molecule has 38 heavy (non-hydrogen) atoms. The predicted octanol–water partition coefficient (Wildman–Crippen LogP) is 5.09. The van der Waals surface area contributed by atoms with E-state index in [1.54, 1.807) is 13.2 Å². The third kappa shape index (κ3) is 6.65. The maximum absolute atomic E-state index is 13.0. The molecule has 2 amide bonds. The second-order valence-electron chi connectivity index (χ2n) is 9.14. The molecule has 2 N–H and O–H groups in total. The minimum Gasteiger partial charge on any atom is -0.496 e. The molecule has 0 saturated carbocycles. The van der Waals surface area contributed by atoms with Crippen LogP contribution in [0.1, 0.15) is 44.7 Å². The van der Waals surface area contributed by atoms with Crippen LogP contribution < -0.4 is 20.3 Å². The van der Waals surface area contributed by atoms with Crippen LogP contribution in [0.3, 0.4) is 0 Å². The van der Waals surface area contributed by atoms with Gasteiger partial charge in [0.15, 0.2) is 0 Å². The molecule has 0 radical (unpaired) electrons. The van der Waals surface area contributed by atoms with E-state index in [1.807, 2.05) is 42.5 Å². The number of piperidine rings is 1. The summed E-state index contributed by atoms with van der Waals surface area (Å²) in [7, 11) is 1.62. The fourth-order valence-electron chi connectivity index (χ4n) is 4.60. The van der Waals surface area contributed by atoms with E-state index in [1.165, 1.54) is 12.1 Å². The Morgan fingerprint density at radius 1 is 0.921 bits per heavy atom. The van der Waals surface area contributed by atoms with Gasteiger partial charge in [-0.2, -0.15) is 13.2 Å². The Morgan fingerprint density at radius 3 is 2.26 bits per heavy atom. The number of hydrogen-bond donors (Lipinski definition) is 2. The summed E-state index contributed by atoms with van der Waals surface area (Å²) in [6.07, 6.45) is -2.50. The highest BCUT2D eigenvalue weighted by Gasteiger charge is 2.30. The molecular weight excluding hydrogens is 495 g/mol. The third-order valence-electron chi connectivity index (χ3n) is 6.67. The molecule has 0 atom stereocenters. The van der Waals surface area contributed by atoms with Gasteiger partial charge >= 0.3 is 6.18 Å². The Balaban J connectivity index is 1.31. The quantitative estimate of drug-likeness (QED) is 0.430. The Kier molecular flexibility index (Phi) is 8.55. The van der Waals surface area contributed by atoms with Crippen LogP contribution in [-0.4, -0.2) is 44.6 Å². The zero-order chi connectivity index (χ0) is 27.1. The molecule has 3 aromatic carbocycles. The number of methoxy groups -OCH3 is 1. The van der Waals surface area contributed by atoms with E-state index in [0.29, 0.717) is 44.5 Å². The lowest BCUT2D eigenvalue weighted by Crippen LogP contribution is -2.45. The molecule has 3 aromatic rings. The standard InChI is InChI=1S/C29H30F3N3O3/c1-38-26-9-5-2-6-20(26)14-17-33-28(37)24-7-3-4-8-25(24)35-18-15-23(16-19-35)34-27(36)21-10-12-22(13-11-21)29(30,31)32/h2-13,23H,14-19H2,1H3,(H,33,37)(H,34,36). The first kappa shape index (κ1) is 27.0. The lowest BCUT2D eigenvalue weighted by molar-refractivity contribution is -0.137. The SMILES string of the molecule is COc1ccccc1CCNC(=O)c1ccccc1N1CCC(NC(=O)c2ccc(C(F)(F)F)cc2)CC1. The van der Waals surface area contributed by atoms with Crippen LogP contribution in [0.25, 0.3) is 0 Å². The van der Waals surface area contributed by atoms with Gasteiger partial charge in [-0.25, -0.2) is 0 Å². The van der Waals surface area contributed by atoms with E-state index in [9.17, 15) is 22.8 Å². The number of nitrogens with zero attached hydrogens (tertiary/aromatic N) is 1. The first-order valence-electron chi connectivity index (χ1n) is 12.5. The fraction of sp³-hybridized carbons (Fsp3) is 0.310. The molecule has 1 aliphatic rings. The zero-order valence-corrected chi connectivity index (χ0v) is 21.1. The maximum Gasteiger partial charge on any atom is 0.416 e. The molecule has 1 heterocycles. The first-order chi connectivity index (χ1) is 18.3. The molecule has 0 aliphatic carbocycles. The summed E-state index contributed by atoms with van der Waals surface area (Å²) >= 11 is 0. The average Bonchev–Trinajstić information content (AvgIpc) is 2.93.